The fourth-order valence-corrected chi connectivity index (χ4v) is 9.82. The highest BCUT2D eigenvalue weighted by Crippen LogP contribution is 2.21. The van der Waals surface area contributed by atoms with Gasteiger partial charge in [-0.15, -0.1) is 0 Å². The Kier molecular flexibility index (Phi) is 45.6. The van der Waals surface area contributed by atoms with Crippen LogP contribution in [0.3, 0.4) is 0 Å². The summed E-state index contributed by atoms with van der Waals surface area (Å²) in [5, 5.41) is 12.3. The minimum Gasteiger partial charge on any atom is -0.445 e. The van der Waals surface area contributed by atoms with Gasteiger partial charge in [0.15, 0.2) is 0 Å². The van der Waals surface area contributed by atoms with Crippen LogP contribution in [0.5, 0.6) is 0 Å². The number of nitrogens with one attached hydrogen (secondary N) is 4. The molecule has 1 fully saturated rings. The Hall–Kier alpha value is -3.10. The number of carbonyl (C=O) groups is 4. The van der Waals surface area contributed by atoms with Gasteiger partial charge >= 0.3 is 6.09 Å². The number of benzene rings is 1. The number of carbonyl (C=O) groups excluding carboxylic acids is 4. The van der Waals surface area contributed by atoms with E-state index >= 15 is 0 Å². The van der Waals surface area contributed by atoms with Crippen LogP contribution < -0.4 is 21.3 Å². The molecule has 1 aliphatic carbocycles. The number of ether oxygens (including phenoxy) is 1. The third-order valence-corrected chi connectivity index (χ3v) is 14.8. The number of unbranched alkanes of at least 4 members (excludes halogenated alkanes) is 31. The molecule has 0 saturated heterocycles. The van der Waals surface area contributed by atoms with Crippen LogP contribution in [0.25, 0.3) is 0 Å². The Morgan fingerprint density at radius 1 is 0.493 bits per heavy atom. The predicted octanol–water partition coefficient (Wildman–Crippen LogP) is 17.1. The minimum atomic E-state index is -0.575. The second kappa shape index (κ2) is 49.1. The van der Waals surface area contributed by atoms with Crippen molar-refractivity contribution in [3.05, 3.63) is 35.9 Å². The minimum absolute atomic E-state index is 0.0371. The first-order chi connectivity index (χ1) is 34.7. The lowest BCUT2D eigenvalue weighted by Gasteiger charge is -2.33. The van der Waals surface area contributed by atoms with Gasteiger partial charge in [-0.25, -0.2) is 4.79 Å². The molecule has 1 aromatic carbocycles. The van der Waals surface area contributed by atoms with Gasteiger partial charge in [-0.3, -0.25) is 14.4 Å². The predicted molar refractivity (Wildman–Crippen MR) is 302 cm³/mol. The highest BCUT2D eigenvalue weighted by atomic mass is 16.5. The molecule has 0 aromatic heterocycles. The molecule has 4 atom stereocenters. The van der Waals surface area contributed by atoms with Gasteiger partial charge in [0.05, 0.1) is 0 Å². The quantitative estimate of drug-likeness (QED) is 0.0484. The maximum absolute atomic E-state index is 12.7. The van der Waals surface area contributed by atoms with Crippen LogP contribution in [0.15, 0.2) is 30.3 Å². The summed E-state index contributed by atoms with van der Waals surface area (Å²) in [6.07, 6.45) is 50.0. The van der Waals surface area contributed by atoms with Gasteiger partial charge in [0, 0.05) is 31.5 Å². The Labute approximate surface area is 438 Å². The van der Waals surface area contributed by atoms with Crippen LogP contribution in [-0.4, -0.2) is 48.5 Å². The van der Waals surface area contributed by atoms with Gasteiger partial charge in [0.1, 0.15) is 12.6 Å². The molecule has 0 radical (unpaired) electrons. The van der Waals surface area contributed by atoms with Crippen molar-refractivity contribution in [2.24, 2.45) is 5.92 Å². The number of rotatable bonds is 45. The normalized spacial score (nSPS) is 15.2. The van der Waals surface area contributed by atoms with Gasteiger partial charge in [-0.05, 0) is 43.6 Å². The monoisotopic (exact) mass is 995 g/mol. The fraction of sp³-hybridized carbons (Fsp3) is 0.839. The van der Waals surface area contributed by atoms with Crippen LogP contribution >= 0.6 is 0 Å². The molecule has 2 rings (SSSR count). The number of hydrogen-bond donors (Lipinski definition) is 4. The topological polar surface area (TPSA) is 126 Å². The van der Waals surface area contributed by atoms with E-state index in [1.807, 2.05) is 44.2 Å². The van der Waals surface area contributed by atoms with Crippen LogP contribution in [0.1, 0.15) is 303 Å². The van der Waals surface area contributed by atoms with E-state index in [1.165, 1.54) is 180 Å². The van der Waals surface area contributed by atoms with Gasteiger partial charge in [0.2, 0.25) is 17.7 Å². The summed E-state index contributed by atoms with van der Waals surface area (Å²) < 4.78 is 5.31. The van der Waals surface area contributed by atoms with E-state index in [-0.39, 0.29) is 42.3 Å². The summed E-state index contributed by atoms with van der Waals surface area (Å²) in [6.45, 7) is 11.7. The largest absolute Gasteiger partial charge is 0.445 e. The molecule has 0 heterocycles. The van der Waals surface area contributed by atoms with E-state index in [0.717, 1.165) is 76.2 Å². The summed E-state index contributed by atoms with van der Waals surface area (Å²) >= 11 is 0. The molecule has 0 spiro atoms. The summed E-state index contributed by atoms with van der Waals surface area (Å²) in [7, 11) is 0. The molecule has 71 heavy (non-hydrogen) atoms. The zero-order valence-electron chi connectivity index (χ0n) is 47.1. The average molecular weight is 996 g/mol. The number of hydrogen-bond acceptors (Lipinski definition) is 5. The van der Waals surface area contributed by atoms with Crippen LogP contribution in [-0.2, 0) is 25.7 Å². The molecule has 2 unspecified atom stereocenters. The Balaban J connectivity index is 0.000000713. The third kappa shape index (κ3) is 40.0. The molecule has 0 bridgehead atoms. The second-order valence-electron chi connectivity index (χ2n) is 21.5. The number of alkyl carbamates (subject to hydrolysis) is 1. The smallest absolute Gasteiger partial charge is 0.408 e. The van der Waals surface area contributed by atoms with Crippen LogP contribution in [0.2, 0.25) is 0 Å². The van der Waals surface area contributed by atoms with Crippen LogP contribution in [0.4, 0.5) is 4.79 Å². The number of amides is 4. The summed E-state index contributed by atoms with van der Waals surface area (Å²) in [6, 6.07) is 9.21. The van der Waals surface area contributed by atoms with Crippen molar-refractivity contribution in [1.29, 1.82) is 0 Å². The van der Waals surface area contributed by atoms with Crippen molar-refractivity contribution in [2.45, 2.75) is 323 Å². The van der Waals surface area contributed by atoms with Gasteiger partial charge < -0.3 is 26.0 Å². The first-order valence-electron chi connectivity index (χ1n) is 30.6. The standard InChI is InChI=1S/C32H56N2O3.C30H58N2O2/c1-4-6-7-8-9-10-11-12-13-14-15-16-17-18-19-23-26-33-31(35)30(28(3)5-2)34-32(36)37-27-29-24-21-20-22-25-29;1-3-5-7-9-11-13-15-17-19-25-29(33)31-27-23-21-22-24-28(27)32-30(34)26-20-18-16-14-12-10-8-6-4-2/h20-22,24-25,28,30H,4-19,23,26-27H2,1-3H3,(H,33,35)(H,34,36);27-28H,3-26H2,1-2H3,(H,31,33)(H,32,34)/t;27-,28-/m.1/s1. The fourth-order valence-electron chi connectivity index (χ4n) is 9.82. The second-order valence-corrected chi connectivity index (χ2v) is 21.5. The lowest BCUT2D eigenvalue weighted by Crippen LogP contribution is -2.53. The molecule has 1 aliphatic rings. The van der Waals surface area contributed by atoms with E-state index in [2.05, 4.69) is 42.0 Å². The van der Waals surface area contributed by atoms with Crippen molar-refractivity contribution >= 4 is 23.8 Å². The average Bonchev–Trinajstić information content (AvgIpc) is 3.38. The van der Waals surface area contributed by atoms with E-state index < -0.39 is 12.1 Å². The van der Waals surface area contributed by atoms with Gasteiger partial charge in [-0.2, -0.15) is 0 Å². The van der Waals surface area contributed by atoms with Crippen LogP contribution in [0, 0.1) is 5.92 Å². The molecular weight excluding hydrogens is 881 g/mol. The molecule has 9 heteroatoms. The summed E-state index contributed by atoms with van der Waals surface area (Å²) in [4.78, 5) is 50.0. The lowest BCUT2D eigenvalue weighted by molar-refractivity contribution is -0.125. The van der Waals surface area contributed by atoms with E-state index in [4.69, 9.17) is 4.74 Å². The van der Waals surface area contributed by atoms with Crippen molar-refractivity contribution in [1.82, 2.24) is 21.3 Å². The zero-order chi connectivity index (χ0) is 51.7. The molecule has 0 aliphatic heterocycles. The first-order valence-corrected chi connectivity index (χ1v) is 30.6. The molecule has 412 valence electrons. The zero-order valence-corrected chi connectivity index (χ0v) is 47.1. The van der Waals surface area contributed by atoms with Crippen molar-refractivity contribution in [3.63, 3.8) is 0 Å². The molecule has 4 N–H and O–H groups in total. The molecular formula is C62H114N4O5. The van der Waals surface area contributed by atoms with Crippen molar-refractivity contribution in [3.8, 4) is 0 Å². The van der Waals surface area contributed by atoms with E-state index in [9.17, 15) is 19.2 Å². The van der Waals surface area contributed by atoms with Gasteiger partial charge in [0.25, 0.3) is 0 Å². The van der Waals surface area contributed by atoms with Crippen molar-refractivity contribution < 1.29 is 23.9 Å². The summed E-state index contributed by atoms with van der Waals surface area (Å²) in [5.41, 5.74) is 0.922. The molecule has 1 saturated carbocycles. The maximum atomic E-state index is 12.7. The Bertz CT molecular complexity index is 1330. The SMILES string of the molecule is CCCCCCCCCCCC(=O)N[C@@H]1CCCC[C@H]1NC(=O)CCCCCCCCCCC.CCCCCCCCCCCCCCCCCCNC(=O)C(NC(=O)OCc1ccccc1)C(C)CC. The van der Waals surface area contributed by atoms with Crippen molar-refractivity contribution in [2.75, 3.05) is 6.54 Å². The molecule has 1 aromatic rings. The van der Waals surface area contributed by atoms with E-state index in [0.29, 0.717) is 19.4 Å². The first kappa shape index (κ1) is 65.9. The maximum Gasteiger partial charge on any atom is 0.408 e. The summed E-state index contributed by atoms with van der Waals surface area (Å²) in [5.74, 6) is 0.267. The highest BCUT2D eigenvalue weighted by molar-refractivity contribution is 5.85. The van der Waals surface area contributed by atoms with Gasteiger partial charge in [-0.1, -0.05) is 283 Å². The third-order valence-electron chi connectivity index (χ3n) is 14.8. The Morgan fingerprint density at radius 3 is 1.21 bits per heavy atom. The van der Waals surface area contributed by atoms with E-state index in [1.54, 1.807) is 0 Å². The lowest BCUT2D eigenvalue weighted by atomic mass is 9.90. The molecule has 4 amide bonds. The molecule has 9 nitrogen and oxygen atoms in total. The highest BCUT2D eigenvalue weighted by Gasteiger charge is 2.28. The Morgan fingerprint density at radius 2 is 0.845 bits per heavy atom.